The maximum atomic E-state index is 12.1. The van der Waals surface area contributed by atoms with Gasteiger partial charge in [-0.25, -0.2) is 4.98 Å². The van der Waals surface area contributed by atoms with Gasteiger partial charge in [-0.05, 0) is 18.2 Å². The first-order chi connectivity index (χ1) is 11.4. The van der Waals surface area contributed by atoms with Crippen molar-refractivity contribution in [2.75, 3.05) is 24.7 Å². The van der Waals surface area contributed by atoms with E-state index in [0.717, 1.165) is 5.16 Å². The molecule has 0 aliphatic carbocycles. The average Bonchev–Trinajstić information content (AvgIpc) is 2.93. The molecule has 0 radical (unpaired) electrons. The van der Waals surface area contributed by atoms with Gasteiger partial charge in [0.15, 0.2) is 5.16 Å². The number of nitrogens with one attached hydrogen (secondary N) is 1. The highest BCUT2D eigenvalue weighted by Crippen LogP contribution is 2.25. The lowest BCUT2D eigenvalue weighted by atomic mass is 10.3. The number of halogens is 2. The van der Waals surface area contributed by atoms with Crippen LogP contribution < -0.4 is 5.32 Å². The van der Waals surface area contributed by atoms with Crippen LogP contribution in [-0.2, 0) is 16.6 Å². The van der Waals surface area contributed by atoms with Crippen LogP contribution in [0.25, 0.3) is 0 Å². The van der Waals surface area contributed by atoms with Crippen molar-refractivity contribution in [2.45, 2.75) is 5.16 Å². The fraction of sp³-hybridized carbons (Fsp3) is 0.267. The number of amides is 2. The summed E-state index contributed by atoms with van der Waals surface area (Å²) in [5, 5.41) is 4.19. The Kier molecular flexibility index (Phi) is 6.53. The van der Waals surface area contributed by atoms with E-state index in [1.807, 2.05) is 11.6 Å². The first-order valence-electron chi connectivity index (χ1n) is 6.96. The van der Waals surface area contributed by atoms with Gasteiger partial charge >= 0.3 is 0 Å². The minimum atomic E-state index is -0.314. The lowest BCUT2D eigenvalue weighted by molar-refractivity contribution is -0.131. The number of benzene rings is 1. The predicted octanol–water partition coefficient (Wildman–Crippen LogP) is 2.92. The summed E-state index contributed by atoms with van der Waals surface area (Å²) in [6.07, 6.45) is 3.47. The number of aryl methyl sites for hydroxylation is 1. The maximum Gasteiger partial charge on any atom is 0.243 e. The Hall–Kier alpha value is -1.70. The van der Waals surface area contributed by atoms with Crippen LogP contribution in [0.4, 0.5) is 5.69 Å². The summed E-state index contributed by atoms with van der Waals surface area (Å²) < 4.78 is 1.83. The largest absolute Gasteiger partial charge is 0.336 e. The minimum absolute atomic E-state index is 0.0554. The number of aromatic nitrogens is 2. The standard InChI is InChI=1S/C15H16Cl2N4O2S/c1-20-6-5-18-15(20)24-9-14(23)21(2)8-13(22)19-10-3-4-11(16)12(17)7-10/h3-7H,8-9H2,1-2H3,(H,19,22). The van der Waals surface area contributed by atoms with Crippen LogP contribution in [0.15, 0.2) is 35.7 Å². The molecule has 0 saturated carbocycles. The van der Waals surface area contributed by atoms with E-state index in [4.69, 9.17) is 23.2 Å². The number of anilines is 1. The highest BCUT2D eigenvalue weighted by atomic mass is 35.5. The fourth-order valence-corrected chi connectivity index (χ4v) is 2.98. The van der Waals surface area contributed by atoms with Crippen molar-refractivity contribution in [2.24, 2.45) is 7.05 Å². The van der Waals surface area contributed by atoms with Gasteiger partial charge in [0.1, 0.15) is 0 Å². The van der Waals surface area contributed by atoms with E-state index in [9.17, 15) is 9.59 Å². The molecule has 1 N–H and O–H groups in total. The summed E-state index contributed by atoms with van der Waals surface area (Å²) >= 11 is 13.0. The fourth-order valence-electron chi connectivity index (χ4n) is 1.81. The van der Waals surface area contributed by atoms with E-state index in [0.29, 0.717) is 15.7 Å². The highest BCUT2D eigenvalue weighted by molar-refractivity contribution is 7.99. The normalized spacial score (nSPS) is 10.5. The Morgan fingerprint density at radius 1 is 1.33 bits per heavy atom. The third-order valence-corrected chi connectivity index (χ3v) is 4.89. The van der Waals surface area contributed by atoms with E-state index in [1.54, 1.807) is 37.6 Å². The first kappa shape index (κ1) is 18.6. The molecule has 0 aliphatic rings. The highest BCUT2D eigenvalue weighted by Gasteiger charge is 2.14. The van der Waals surface area contributed by atoms with Gasteiger partial charge in [0.05, 0.1) is 22.3 Å². The van der Waals surface area contributed by atoms with Crippen molar-refractivity contribution >= 4 is 52.5 Å². The second-order valence-electron chi connectivity index (χ2n) is 5.04. The molecule has 2 rings (SSSR count). The van der Waals surface area contributed by atoms with Crippen LogP contribution in [-0.4, -0.2) is 45.6 Å². The summed E-state index contributed by atoms with van der Waals surface area (Å²) in [6, 6.07) is 4.79. The summed E-state index contributed by atoms with van der Waals surface area (Å²) in [6.45, 7) is -0.0554. The number of hydrogen-bond acceptors (Lipinski definition) is 4. The van der Waals surface area contributed by atoms with Gasteiger partial charge in [0.2, 0.25) is 11.8 Å². The molecule has 2 amide bonds. The van der Waals surface area contributed by atoms with Crippen molar-refractivity contribution in [3.63, 3.8) is 0 Å². The average molecular weight is 387 g/mol. The van der Waals surface area contributed by atoms with Crippen molar-refractivity contribution in [3.05, 3.63) is 40.6 Å². The lowest BCUT2D eigenvalue weighted by Gasteiger charge is -2.16. The van der Waals surface area contributed by atoms with Gasteiger partial charge in [0, 0.05) is 32.2 Å². The summed E-state index contributed by atoms with van der Waals surface area (Å²) in [5.74, 6) is -0.264. The Morgan fingerprint density at radius 3 is 2.71 bits per heavy atom. The number of carbonyl (C=O) groups is 2. The zero-order valence-corrected chi connectivity index (χ0v) is 15.5. The zero-order chi connectivity index (χ0) is 17.7. The van der Waals surface area contributed by atoms with Gasteiger partial charge in [-0.15, -0.1) is 0 Å². The number of likely N-dealkylation sites (N-methyl/N-ethyl adjacent to an activating group) is 1. The molecule has 128 valence electrons. The number of rotatable bonds is 6. The molecular weight excluding hydrogens is 371 g/mol. The molecule has 0 aliphatic heterocycles. The molecule has 2 aromatic rings. The van der Waals surface area contributed by atoms with Crippen LogP contribution in [0.5, 0.6) is 0 Å². The van der Waals surface area contributed by atoms with Crippen LogP contribution in [0.1, 0.15) is 0 Å². The molecule has 0 fully saturated rings. The van der Waals surface area contributed by atoms with Crippen LogP contribution in [0, 0.1) is 0 Å². The number of carbonyl (C=O) groups excluding carboxylic acids is 2. The number of thioether (sulfide) groups is 1. The second-order valence-corrected chi connectivity index (χ2v) is 6.79. The zero-order valence-electron chi connectivity index (χ0n) is 13.1. The molecule has 1 aromatic heterocycles. The van der Waals surface area contributed by atoms with Gasteiger partial charge < -0.3 is 14.8 Å². The van der Waals surface area contributed by atoms with E-state index in [2.05, 4.69) is 10.3 Å². The molecule has 1 aromatic carbocycles. The third kappa shape index (κ3) is 5.15. The molecule has 1 heterocycles. The molecule has 6 nitrogen and oxygen atoms in total. The lowest BCUT2D eigenvalue weighted by Crippen LogP contribution is -2.36. The Morgan fingerprint density at radius 2 is 2.08 bits per heavy atom. The molecule has 0 unspecified atom stereocenters. The second kappa shape index (κ2) is 8.41. The molecule has 0 saturated heterocycles. The Balaban J connectivity index is 1.82. The molecule has 9 heteroatoms. The van der Waals surface area contributed by atoms with Gasteiger partial charge in [-0.3, -0.25) is 9.59 Å². The molecule has 0 atom stereocenters. The van der Waals surface area contributed by atoms with Crippen LogP contribution >= 0.6 is 35.0 Å². The van der Waals surface area contributed by atoms with E-state index < -0.39 is 0 Å². The van der Waals surface area contributed by atoms with Crippen molar-refractivity contribution in [1.82, 2.24) is 14.5 Å². The Labute approximate surface area is 154 Å². The smallest absolute Gasteiger partial charge is 0.243 e. The van der Waals surface area contributed by atoms with Crippen LogP contribution in [0.3, 0.4) is 0 Å². The summed E-state index contributed by atoms with van der Waals surface area (Å²) in [7, 11) is 3.43. The maximum absolute atomic E-state index is 12.1. The van der Waals surface area contributed by atoms with Gasteiger partial charge in [-0.1, -0.05) is 35.0 Å². The minimum Gasteiger partial charge on any atom is -0.336 e. The van der Waals surface area contributed by atoms with Gasteiger partial charge in [0.25, 0.3) is 0 Å². The van der Waals surface area contributed by atoms with E-state index in [1.165, 1.54) is 16.7 Å². The number of imidazole rings is 1. The first-order valence-corrected chi connectivity index (χ1v) is 8.70. The molecule has 0 spiro atoms. The number of nitrogens with zero attached hydrogens (tertiary/aromatic N) is 3. The Bertz CT molecular complexity index is 751. The topological polar surface area (TPSA) is 67.2 Å². The van der Waals surface area contributed by atoms with Crippen LogP contribution in [0.2, 0.25) is 10.0 Å². The summed E-state index contributed by atoms with van der Waals surface area (Å²) in [4.78, 5) is 29.6. The SMILES string of the molecule is CN(CC(=O)Nc1ccc(Cl)c(Cl)c1)C(=O)CSc1nccn1C. The third-order valence-electron chi connectivity index (χ3n) is 3.11. The molecule has 0 bridgehead atoms. The van der Waals surface area contributed by atoms with Crippen molar-refractivity contribution in [1.29, 1.82) is 0 Å². The van der Waals surface area contributed by atoms with Crippen molar-refractivity contribution in [3.8, 4) is 0 Å². The molecule has 24 heavy (non-hydrogen) atoms. The molecular formula is C15H16Cl2N4O2S. The van der Waals surface area contributed by atoms with Gasteiger partial charge in [-0.2, -0.15) is 0 Å². The predicted molar refractivity (Wildman–Crippen MR) is 96.7 cm³/mol. The van der Waals surface area contributed by atoms with E-state index in [-0.39, 0.29) is 24.1 Å². The van der Waals surface area contributed by atoms with E-state index >= 15 is 0 Å². The monoisotopic (exact) mass is 386 g/mol. The number of hydrogen-bond donors (Lipinski definition) is 1. The quantitative estimate of drug-likeness (QED) is 0.774. The summed E-state index contributed by atoms with van der Waals surface area (Å²) in [5.41, 5.74) is 0.526. The van der Waals surface area contributed by atoms with Crippen molar-refractivity contribution < 1.29 is 9.59 Å².